The predicted molar refractivity (Wildman–Crippen MR) is 191 cm³/mol. The van der Waals surface area contributed by atoms with Crippen LogP contribution in [0.5, 0.6) is 17.2 Å². The average molecular weight is 655 g/mol. The summed E-state index contributed by atoms with van der Waals surface area (Å²) in [7, 11) is 0. The number of hydrogen-bond donors (Lipinski definition) is 6. The number of phenols is 3. The van der Waals surface area contributed by atoms with Crippen LogP contribution in [0.2, 0.25) is 0 Å². The van der Waals surface area contributed by atoms with Crippen molar-refractivity contribution in [3.63, 3.8) is 0 Å². The van der Waals surface area contributed by atoms with E-state index in [1.165, 1.54) is 37.3 Å². The second-order valence-electron chi connectivity index (χ2n) is 11.8. The van der Waals surface area contributed by atoms with Gasteiger partial charge in [0.2, 0.25) is 0 Å². The van der Waals surface area contributed by atoms with Crippen LogP contribution in [0.3, 0.4) is 0 Å². The molecule has 0 saturated heterocycles. The monoisotopic (exact) mass is 654 g/mol. The first-order valence-corrected chi connectivity index (χ1v) is 15.5. The molecule has 0 radical (unpaired) electrons. The van der Waals surface area contributed by atoms with E-state index in [0.29, 0.717) is 33.4 Å². The fraction of sp³-hybridized carbons (Fsp3) is 0.333. The third-order valence-electron chi connectivity index (χ3n) is 7.22. The quantitative estimate of drug-likeness (QED) is 0.216. The van der Waals surface area contributed by atoms with Crippen molar-refractivity contribution in [2.75, 3.05) is 39.3 Å². The van der Waals surface area contributed by atoms with Crippen LogP contribution >= 0.6 is 0 Å². The van der Waals surface area contributed by atoms with Crippen molar-refractivity contribution in [3.8, 4) is 17.2 Å². The summed E-state index contributed by atoms with van der Waals surface area (Å²) in [5, 5.41) is 63.7. The second kappa shape index (κ2) is 17.2. The van der Waals surface area contributed by atoms with Gasteiger partial charge in [0.25, 0.3) is 0 Å². The van der Waals surface area contributed by atoms with Gasteiger partial charge in [0.05, 0.1) is 57.6 Å². The molecule has 12 nitrogen and oxygen atoms in total. The molecule has 0 aliphatic carbocycles. The van der Waals surface area contributed by atoms with Crippen molar-refractivity contribution in [3.05, 3.63) is 86.5 Å². The second-order valence-corrected chi connectivity index (χ2v) is 11.8. The van der Waals surface area contributed by atoms with Gasteiger partial charge in [-0.2, -0.15) is 0 Å². The number of phenolic OH excluding ortho intramolecular Hbond substituents is 3. The molecule has 3 aromatic carbocycles. The number of aliphatic hydroxyl groups excluding tert-OH is 3. The maximum absolute atomic E-state index is 10.8. The van der Waals surface area contributed by atoms with E-state index in [4.69, 9.17) is 0 Å². The molecule has 1 aliphatic heterocycles. The Morgan fingerprint density at radius 1 is 0.375 bits per heavy atom. The van der Waals surface area contributed by atoms with Gasteiger partial charge in [0.1, 0.15) is 17.2 Å². The minimum absolute atomic E-state index is 0.0343. The molecule has 0 aromatic heterocycles. The maximum Gasteiger partial charge on any atom is 0.133 e. The van der Waals surface area contributed by atoms with Crippen molar-refractivity contribution in [2.45, 2.75) is 39.1 Å². The fourth-order valence-corrected chi connectivity index (χ4v) is 4.91. The zero-order valence-electron chi connectivity index (χ0n) is 27.3. The summed E-state index contributed by atoms with van der Waals surface area (Å²) in [6.07, 6.45) is 6.15. The lowest BCUT2D eigenvalue weighted by atomic mass is 10.1. The normalized spacial score (nSPS) is 19.8. The Morgan fingerprint density at radius 3 is 0.708 bits per heavy atom. The lowest BCUT2D eigenvalue weighted by molar-refractivity contribution is 0.192. The van der Waals surface area contributed by atoms with Crippen LogP contribution in [0, 0.1) is 20.8 Å². The SMILES string of the molecule is Cc1cc2c(O)c(c1)C=NCC(O)CN=Cc1cc(C)cc(c1O)C=NCC(O)CN=Cc1cc(C)cc(c1O)C=NCC(O)CN=C2. The molecular formula is C36H42N6O6. The highest BCUT2D eigenvalue weighted by atomic mass is 16.3. The number of aryl methyl sites for hydroxylation is 3. The molecule has 0 saturated carbocycles. The first kappa shape index (κ1) is 35.8. The van der Waals surface area contributed by atoms with Crippen molar-refractivity contribution < 1.29 is 30.6 Å². The van der Waals surface area contributed by atoms with Crippen molar-refractivity contribution in [1.29, 1.82) is 0 Å². The summed E-state index contributed by atoms with van der Waals surface area (Å²) >= 11 is 0. The lowest BCUT2D eigenvalue weighted by Gasteiger charge is -2.09. The summed E-state index contributed by atoms with van der Waals surface area (Å²) in [4.78, 5) is 25.7. The van der Waals surface area contributed by atoms with Crippen molar-refractivity contribution in [2.24, 2.45) is 30.0 Å². The van der Waals surface area contributed by atoms with Crippen LogP contribution in [-0.2, 0) is 0 Å². The van der Waals surface area contributed by atoms with E-state index < -0.39 is 18.3 Å². The third-order valence-corrected chi connectivity index (χ3v) is 7.22. The van der Waals surface area contributed by atoms with E-state index in [2.05, 4.69) is 30.0 Å². The number of aliphatic imine (C=N–C) groups is 6. The Balaban J connectivity index is 1.60. The highest BCUT2D eigenvalue weighted by Gasteiger charge is 2.11. The summed E-state index contributed by atoms with van der Waals surface area (Å²) < 4.78 is 0. The first-order valence-electron chi connectivity index (χ1n) is 15.5. The standard InChI is InChI=1S/C36H42N6O6/c1-22-4-25-10-37-16-31(43)18-39-12-27-6-23(2)8-29(35(27)47)14-41-20-33(45)21-42-15-30-9-24(3)7-28(36(30)48)13-40-19-32(44)17-38-11-26(5-22)34(25)46/h4-15,31-33,43-48H,16-21H2,1-3H3. The topological polar surface area (TPSA) is 196 Å². The van der Waals surface area contributed by atoms with Gasteiger partial charge < -0.3 is 30.6 Å². The van der Waals surface area contributed by atoms with E-state index in [9.17, 15) is 30.6 Å². The molecule has 0 spiro atoms. The predicted octanol–water partition coefficient (Wildman–Crippen LogP) is 2.74. The van der Waals surface area contributed by atoms with Gasteiger partial charge in [-0.25, -0.2) is 0 Å². The Hall–Kier alpha value is -5.04. The highest BCUT2D eigenvalue weighted by molar-refractivity contribution is 5.94. The first-order chi connectivity index (χ1) is 23.0. The minimum atomic E-state index is -0.900. The van der Waals surface area contributed by atoms with Crippen molar-refractivity contribution >= 4 is 37.3 Å². The smallest absolute Gasteiger partial charge is 0.133 e. The van der Waals surface area contributed by atoms with Gasteiger partial charge in [0, 0.05) is 70.7 Å². The van der Waals surface area contributed by atoms with Gasteiger partial charge in [-0.05, 0) is 73.9 Å². The lowest BCUT2D eigenvalue weighted by Crippen LogP contribution is -2.15. The fourth-order valence-electron chi connectivity index (χ4n) is 4.91. The Labute approximate surface area is 279 Å². The largest absolute Gasteiger partial charge is 0.507 e. The Morgan fingerprint density at radius 2 is 0.542 bits per heavy atom. The maximum atomic E-state index is 10.8. The number of aliphatic hydroxyl groups is 3. The van der Waals surface area contributed by atoms with E-state index >= 15 is 0 Å². The van der Waals surface area contributed by atoms with E-state index in [1.807, 2.05) is 20.8 Å². The van der Waals surface area contributed by atoms with Crippen LogP contribution in [0.25, 0.3) is 0 Å². The summed E-state index contributed by atoms with van der Waals surface area (Å²) in [5.41, 5.74) is 5.28. The zero-order valence-corrected chi connectivity index (χ0v) is 27.3. The van der Waals surface area contributed by atoms with Gasteiger partial charge in [-0.3, -0.25) is 30.0 Å². The van der Waals surface area contributed by atoms with E-state index in [-0.39, 0.29) is 56.5 Å². The molecule has 6 N–H and O–H groups in total. The molecule has 6 bridgehead atoms. The average Bonchev–Trinajstić information content (AvgIpc) is 3.02. The summed E-state index contributed by atoms with van der Waals surface area (Å²) in [6, 6.07) is 10.5. The zero-order chi connectivity index (χ0) is 34.6. The van der Waals surface area contributed by atoms with E-state index in [0.717, 1.165) is 16.7 Å². The number of rotatable bonds is 0. The number of benzene rings is 3. The highest BCUT2D eigenvalue weighted by Crippen LogP contribution is 2.24. The molecular weight excluding hydrogens is 612 g/mol. The molecule has 3 aromatic rings. The molecule has 4 rings (SSSR count). The van der Waals surface area contributed by atoms with Crippen molar-refractivity contribution in [1.82, 2.24) is 0 Å². The van der Waals surface area contributed by atoms with Crippen LogP contribution in [0.4, 0.5) is 0 Å². The molecule has 0 unspecified atom stereocenters. The molecule has 252 valence electrons. The summed E-state index contributed by atoms with van der Waals surface area (Å²) in [5.74, 6) is -0.109. The number of hydrogen-bond acceptors (Lipinski definition) is 12. The van der Waals surface area contributed by atoms with E-state index in [1.54, 1.807) is 36.4 Å². The molecule has 0 fully saturated rings. The number of aromatic hydroxyl groups is 3. The molecule has 0 amide bonds. The van der Waals surface area contributed by atoms with Crippen LogP contribution in [0.1, 0.15) is 50.1 Å². The molecule has 48 heavy (non-hydrogen) atoms. The van der Waals surface area contributed by atoms with Crippen LogP contribution in [-0.4, -0.2) is 126 Å². The number of nitrogens with zero attached hydrogens (tertiary/aromatic N) is 6. The van der Waals surface area contributed by atoms with Gasteiger partial charge >= 0.3 is 0 Å². The van der Waals surface area contributed by atoms with Crippen LogP contribution in [0.15, 0.2) is 66.4 Å². The number of fused-ring (bicyclic) bond motifs is 6. The molecule has 0 atom stereocenters. The van der Waals surface area contributed by atoms with Gasteiger partial charge in [-0.1, -0.05) is 0 Å². The third kappa shape index (κ3) is 10.5. The molecule has 12 heteroatoms. The molecule has 1 heterocycles. The Kier molecular flexibility index (Phi) is 12.8. The Bertz CT molecular complexity index is 1450. The summed E-state index contributed by atoms with van der Waals surface area (Å²) in [6.45, 7) is 5.81. The van der Waals surface area contributed by atoms with Gasteiger partial charge in [-0.15, -0.1) is 0 Å². The van der Waals surface area contributed by atoms with Gasteiger partial charge in [0.15, 0.2) is 0 Å². The minimum Gasteiger partial charge on any atom is -0.507 e. The molecule has 1 aliphatic rings. The van der Waals surface area contributed by atoms with Crippen LogP contribution < -0.4 is 0 Å².